The maximum Gasteiger partial charge on any atom is 0.258 e. The number of amides is 5. The number of nitrogens with one attached hydrogen (secondary N) is 2. The molecule has 0 radical (unpaired) electrons. The number of benzene rings is 1. The molecule has 0 bridgehead atoms. The standard InChI is InChI=1S/C21H18N4O5/c26-16-7-6-15(20(29)23-16)25-11-13-4-1-5-14(18(13)21(25)30)19(28)24-17(27)9-12-3-2-8-22-10-12/h1-5,8,10,15H,6-7,9,11H2,(H,23,26,29)(H,24,27,28). The molecule has 2 aliphatic heterocycles. The topological polar surface area (TPSA) is 126 Å². The van der Waals surface area contributed by atoms with Crippen molar-refractivity contribution in [3.63, 3.8) is 0 Å². The van der Waals surface area contributed by atoms with Crippen molar-refractivity contribution in [1.82, 2.24) is 20.5 Å². The average Bonchev–Trinajstić information content (AvgIpc) is 3.05. The Kier molecular flexibility index (Phi) is 5.09. The van der Waals surface area contributed by atoms with Crippen LogP contribution in [0, 0.1) is 0 Å². The molecule has 2 aromatic rings. The fourth-order valence-corrected chi connectivity index (χ4v) is 3.73. The monoisotopic (exact) mass is 406 g/mol. The molecule has 1 atom stereocenters. The summed E-state index contributed by atoms with van der Waals surface area (Å²) in [4.78, 5) is 66.8. The van der Waals surface area contributed by atoms with Gasteiger partial charge in [0, 0.05) is 25.4 Å². The predicted molar refractivity (Wildman–Crippen MR) is 103 cm³/mol. The number of aromatic nitrogens is 1. The molecule has 1 aromatic carbocycles. The van der Waals surface area contributed by atoms with Gasteiger partial charge in [-0.3, -0.25) is 39.6 Å². The first-order chi connectivity index (χ1) is 14.4. The Morgan fingerprint density at radius 2 is 2.00 bits per heavy atom. The van der Waals surface area contributed by atoms with Gasteiger partial charge in [-0.2, -0.15) is 0 Å². The van der Waals surface area contributed by atoms with Gasteiger partial charge in [-0.05, 0) is 29.7 Å². The molecule has 1 fully saturated rings. The van der Waals surface area contributed by atoms with Crippen molar-refractivity contribution in [3.05, 3.63) is 65.0 Å². The minimum absolute atomic E-state index is 0.0229. The number of piperidine rings is 1. The summed E-state index contributed by atoms with van der Waals surface area (Å²) >= 11 is 0. The summed E-state index contributed by atoms with van der Waals surface area (Å²) in [6.45, 7) is 0.158. The van der Waals surface area contributed by atoms with Crippen molar-refractivity contribution >= 4 is 29.5 Å². The van der Waals surface area contributed by atoms with E-state index < -0.39 is 29.7 Å². The normalized spacial score (nSPS) is 18.1. The van der Waals surface area contributed by atoms with Crippen LogP contribution in [0.25, 0.3) is 0 Å². The van der Waals surface area contributed by atoms with Crippen LogP contribution in [0.15, 0.2) is 42.7 Å². The summed E-state index contributed by atoms with van der Waals surface area (Å²) in [5.74, 6) is -2.56. The van der Waals surface area contributed by atoms with Crippen LogP contribution in [-0.4, -0.2) is 45.5 Å². The van der Waals surface area contributed by atoms with E-state index in [2.05, 4.69) is 15.6 Å². The van der Waals surface area contributed by atoms with E-state index in [4.69, 9.17) is 0 Å². The molecule has 1 aromatic heterocycles. The maximum absolute atomic E-state index is 13.0. The third-order valence-corrected chi connectivity index (χ3v) is 5.14. The molecule has 5 amide bonds. The SMILES string of the molecule is O=C(Cc1cccnc1)NC(=O)c1cccc2c1C(=O)N(C1CCC(=O)NC1=O)C2. The van der Waals surface area contributed by atoms with Crippen molar-refractivity contribution < 1.29 is 24.0 Å². The summed E-state index contributed by atoms with van der Waals surface area (Å²) in [7, 11) is 0. The van der Waals surface area contributed by atoms with Gasteiger partial charge in [-0.25, -0.2) is 0 Å². The van der Waals surface area contributed by atoms with Gasteiger partial charge in [0.25, 0.3) is 11.8 Å². The number of carbonyl (C=O) groups is 5. The number of hydrogen-bond donors (Lipinski definition) is 2. The Bertz CT molecular complexity index is 1070. The Morgan fingerprint density at radius 3 is 2.73 bits per heavy atom. The second-order valence-electron chi connectivity index (χ2n) is 7.16. The van der Waals surface area contributed by atoms with Crippen molar-refractivity contribution in [1.29, 1.82) is 0 Å². The zero-order valence-electron chi connectivity index (χ0n) is 15.9. The van der Waals surface area contributed by atoms with Crippen LogP contribution in [0.1, 0.15) is 44.7 Å². The molecule has 0 spiro atoms. The van der Waals surface area contributed by atoms with Gasteiger partial charge >= 0.3 is 0 Å². The molecule has 9 heteroatoms. The first-order valence-corrected chi connectivity index (χ1v) is 9.43. The fourth-order valence-electron chi connectivity index (χ4n) is 3.73. The Balaban J connectivity index is 1.51. The lowest BCUT2D eigenvalue weighted by atomic mass is 10.0. The lowest BCUT2D eigenvalue weighted by Gasteiger charge is -2.29. The zero-order valence-corrected chi connectivity index (χ0v) is 15.9. The van der Waals surface area contributed by atoms with Crippen molar-refractivity contribution in [2.75, 3.05) is 0 Å². The minimum Gasteiger partial charge on any atom is -0.322 e. The number of hydrogen-bond acceptors (Lipinski definition) is 6. The van der Waals surface area contributed by atoms with Crippen LogP contribution in [0.5, 0.6) is 0 Å². The van der Waals surface area contributed by atoms with Gasteiger partial charge in [0.2, 0.25) is 17.7 Å². The van der Waals surface area contributed by atoms with E-state index in [-0.39, 0.29) is 42.8 Å². The van der Waals surface area contributed by atoms with E-state index in [0.717, 1.165) is 0 Å². The molecule has 30 heavy (non-hydrogen) atoms. The van der Waals surface area contributed by atoms with Crippen molar-refractivity contribution in [2.45, 2.75) is 31.8 Å². The van der Waals surface area contributed by atoms with E-state index in [0.29, 0.717) is 11.1 Å². The van der Waals surface area contributed by atoms with Crippen LogP contribution in [0.4, 0.5) is 0 Å². The number of carbonyl (C=O) groups excluding carboxylic acids is 5. The molecule has 4 rings (SSSR count). The van der Waals surface area contributed by atoms with E-state index in [9.17, 15) is 24.0 Å². The summed E-state index contributed by atoms with van der Waals surface area (Å²) in [5.41, 5.74) is 1.50. The van der Waals surface area contributed by atoms with Gasteiger partial charge in [-0.1, -0.05) is 18.2 Å². The predicted octanol–water partition coefficient (Wildman–Crippen LogP) is 0.342. The summed E-state index contributed by atoms with van der Waals surface area (Å²) in [6, 6.07) is 7.44. The van der Waals surface area contributed by atoms with Gasteiger partial charge in [0.05, 0.1) is 17.5 Å². The van der Waals surface area contributed by atoms with Gasteiger partial charge in [-0.15, -0.1) is 0 Å². The Hall–Kier alpha value is -3.88. The summed E-state index contributed by atoms with van der Waals surface area (Å²) < 4.78 is 0. The number of rotatable bonds is 4. The van der Waals surface area contributed by atoms with Gasteiger partial charge < -0.3 is 4.90 Å². The lowest BCUT2D eigenvalue weighted by Crippen LogP contribution is -2.52. The molecule has 2 aliphatic rings. The van der Waals surface area contributed by atoms with Gasteiger partial charge in [0.15, 0.2) is 0 Å². The Morgan fingerprint density at radius 1 is 1.17 bits per heavy atom. The second kappa shape index (κ2) is 7.86. The first-order valence-electron chi connectivity index (χ1n) is 9.43. The van der Waals surface area contributed by atoms with Crippen LogP contribution >= 0.6 is 0 Å². The summed E-state index contributed by atoms with van der Waals surface area (Å²) in [5, 5.41) is 4.54. The van der Waals surface area contributed by atoms with E-state index >= 15 is 0 Å². The van der Waals surface area contributed by atoms with E-state index in [1.807, 2.05) is 0 Å². The van der Waals surface area contributed by atoms with Crippen LogP contribution < -0.4 is 10.6 Å². The molecule has 0 saturated carbocycles. The third kappa shape index (κ3) is 3.69. The van der Waals surface area contributed by atoms with Gasteiger partial charge in [0.1, 0.15) is 6.04 Å². The molecule has 1 unspecified atom stereocenters. The third-order valence-electron chi connectivity index (χ3n) is 5.14. The quantitative estimate of drug-likeness (QED) is 0.706. The number of nitrogens with zero attached hydrogens (tertiary/aromatic N) is 2. The molecule has 152 valence electrons. The highest BCUT2D eigenvalue weighted by molar-refractivity contribution is 6.14. The highest BCUT2D eigenvalue weighted by atomic mass is 16.2. The van der Waals surface area contributed by atoms with Crippen LogP contribution in [-0.2, 0) is 27.3 Å². The summed E-state index contributed by atoms with van der Waals surface area (Å²) in [6.07, 6.45) is 3.47. The number of fused-ring (bicyclic) bond motifs is 1. The van der Waals surface area contributed by atoms with Crippen molar-refractivity contribution in [3.8, 4) is 0 Å². The maximum atomic E-state index is 13.0. The molecule has 2 N–H and O–H groups in total. The van der Waals surface area contributed by atoms with Crippen molar-refractivity contribution in [2.24, 2.45) is 0 Å². The molecule has 0 aliphatic carbocycles. The first kappa shape index (κ1) is 19.4. The molecule has 3 heterocycles. The largest absolute Gasteiger partial charge is 0.322 e. The number of imide groups is 2. The molecule has 9 nitrogen and oxygen atoms in total. The second-order valence-corrected chi connectivity index (χ2v) is 7.16. The highest BCUT2D eigenvalue weighted by Crippen LogP contribution is 2.29. The fraction of sp³-hybridized carbons (Fsp3) is 0.238. The lowest BCUT2D eigenvalue weighted by molar-refractivity contribution is -0.137. The molecular formula is C21H18N4O5. The molecule has 1 saturated heterocycles. The zero-order chi connectivity index (χ0) is 21.3. The van der Waals surface area contributed by atoms with E-state index in [1.54, 1.807) is 30.5 Å². The Labute approximate surface area is 171 Å². The minimum atomic E-state index is -0.772. The average molecular weight is 406 g/mol. The number of pyridine rings is 1. The van der Waals surface area contributed by atoms with Crippen LogP contribution in [0.3, 0.4) is 0 Å². The highest BCUT2D eigenvalue weighted by Gasteiger charge is 2.40. The smallest absolute Gasteiger partial charge is 0.258 e. The van der Waals surface area contributed by atoms with E-state index in [1.165, 1.54) is 17.2 Å². The molecular weight excluding hydrogens is 388 g/mol. The van der Waals surface area contributed by atoms with Crippen LogP contribution in [0.2, 0.25) is 0 Å².